The minimum atomic E-state index is 0.208. The molecule has 6 heavy (non-hydrogen) atoms. The van der Waals surface area contributed by atoms with E-state index in [1.54, 1.807) is 0 Å². The van der Waals surface area contributed by atoms with Crippen LogP contribution in [0.25, 0.3) is 0 Å². The average molecular weight is 151 g/mol. The summed E-state index contributed by atoms with van der Waals surface area (Å²) >= 11 is 3.31. The Morgan fingerprint density at radius 3 is 2.50 bits per heavy atom. The summed E-state index contributed by atoms with van der Waals surface area (Å²) in [6.07, 6.45) is 0. The van der Waals surface area contributed by atoms with Crippen molar-refractivity contribution in [3.63, 3.8) is 0 Å². The highest BCUT2D eigenvalue weighted by molar-refractivity contribution is 9.09. The number of rotatable bonds is 1. The predicted octanol–water partition coefficient (Wildman–Crippen LogP) is 1.17. The average Bonchev–Trinajstić information content (AvgIpc) is 2.22. The molecule has 0 amide bonds. The summed E-state index contributed by atoms with van der Waals surface area (Å²) in [6, 6.07) is 0. The molecule has 0 N–H and O–H groups in total. The normalized spacial score (nSPS) is 43.0. The third-order valence-electron chi connectivity index (χ3n) is 0.920. The molecule has 0 aromatic heterocycles. The van der Waals surface area contributed by atoms with E-state index in [9.17, 15) is 0 Å². The lowest BCUT2D eigenvalue weighted by Crippen LogP contribution is -2.03. The maximum Gasteiger partial charge on any atom is 0.0984 e. The van der Waals surface area contributed by atoms with Crippen LogP contribution in [0.2, 0.25) is 0 Å². The Kier molecular flexibility index (Phi) is 0.922. The summed E-state index contributed by atoms with van der Waals surface area (Å²) in [5, 5.41) is 0.972. The van der Waals surface area contributed by atoms with Gasteiger partial charge in [-0.15, -0.1) is 0 Å². The van der Waals surface area contributed by atoms with Gasteiger partial charge in [-0.3, -0.25) is 0 Å². The molecule has 36 valence electrons. The third kappa shape index (κ3) is 0.738. The number of hydrogen-bond donors (Lipinski definition) is 0. The number of halogens is 1. The molecule has 1 fully saturated rings. The zero-order valence-corrected chi connectivity index (χ0v) is 5.29. The molecule has 1 saturated heterocycles. The molecule has 1 aliphatic heterocycles. The van der Waals surface area contributed by atoms with Gasteiger partial charge in [0, 0.05) is 5.33 Å². The maximum atomic E-state index is 5.00. The van der Waals surface area contributed by atoms with Crippen molar-refractivity contribution >= 4 is 15.9 Å². The highest BCUT2D eigenvalue weighted by Crippen LogP contribution is 2.27. The number of ether oxygens (including phenoxy) is 1. The molecule has 1 nitrogen and oxygen atoms in total. The Morgan fingerprint density at radius 2 is 2.50 bits per heavy atom. The minimum Gasteiger partial charge on any atom is -0.369 e. The SMILES string of the molecule is C[C@]1(CBr)CO1. The van der Waals surface area contributed by atoms with E-state index in [1.165, 1.54) is 0 Å². The lowest BCUT2D eigenvalue weighted by molar-refractivity contribution is 0.349. The van der Waals surface area contributed by atoms with Crippen LogP contribution in [-0.2, 0) is 4.74 Å². The van der Waals surface area contributed by atoms with E-state index in [0.29, 0.717) is 0 Å². The fourth-order valence-corrected chi connectivity index (χ4v) is 0.524. The lowest BCUT2D eigenvalue weighted by atomic mass is 10.3. The molecule has 0 unspecified atom stereocenters. The van der Waals surface area contributed by atoms with Crippen molar-refractivity contribution in [3.05, 3.63) is 0 Å². The smallest absolute Gasteiger partial charge is 0.0984 e. The largest absolute Gasteiger partial charge is 0.369 e. The Morgan fingerprint density at radius 1 is 2.00 bits per heavy atom. The van der Waals surface area contributed by atoms with Crippen molar-refractivity contribution in [2.45, 2.75) is 12.5 Å². The summed E-state index contributed by atoms with van der Waals surface area (Å²) in [4.78, 5) is 0. The number of epoxide rings is 1. The van der Waals surface area contributed by atoms with Crippen LogP contribution >= 0.6 is 15.9 Å². The fourth-order valence-electron chi connectivity index (χ4n) is 0.200. The molecule has 0 aromatic rings. The van der Waals surface area contributed by atoms with Crippen LogP contribution in [0.3, 0.4) is 0 Å². The molecular weight excluding hydrogens is 144 g/mol. The van der Waals surface area contributed by atoms with Gasteiger partial charge in [0.25, 0.3) is 0 Å². The molecule has 2 heteroatoms. The number of hydrogen-bond acceptors (Lipinski definition) is 1. The Hall–Kier alpha value is 0.440. The molecule has 1 aliphatic rings. The van der Waals surface area contributed by atoms with Gasteiger partial charge in [-0.1, -0.05) is 15.9 Å². The van der Waals surface area contributed by atoms with E-state index in [0.717, 1.165) is 11.9 Å². The third-order valence-corrected chi connectivity index (χ3v) is 2.11. The van der Waals surface area contributed by atoms with Crippen LogP contribution in [0.4, 0.5) is 0 Å². The van der Waals surface area contributed by atoms with Gasteiger partial charge in [0.15, 0.2) is 0 Å². The topological polar surface area (TPSA) is 12.5 Å². The van der Waals surface area contributed by atoms with Crippen molar-refractivity contribution in [2.75, 3.05) is 11.9 Å². The summed E-state index contributed by atoms with van der Waals surface area (Å²) in [6.45, 7) is 3.01. The van der Waals surface area contributed by atoms with Crippen molar-refractivity contribution in [2.24, 2.45) is 0 Å². The first kappa shape index (κ1) is 4.60. The highest BCUT2D eigenvalue weighted by atomic mass is 79.9. The van der Waals surface area contributed by atoms with Gasteiger partial charge >= 0.3 is 0 Å². The molecular formula is C4H7BrO. The van der Waals surface area contributed by atoms with Gasteiger partial charge in [-0.25, -0.2) is 0 Å². The second-order valence-electron chi connectivity index (χ2n) is 1.87. The van der Waals surface area contributed by atoms with E-state index in [-0.39, 0.29) is 5.60 Å². The molecule has 1 atom stereocenters. The van der Waals surface area contributed by atoms with Gasteiger partial charge in [-0.05, 0) is 6.92 Å². The summed E-state index contributed by atoms with van der Waals surface area (Å²) in [5.74, 6) is 0. The Labute approximate surface area is 45.8 Å². The van der Waals surface area contributed by atoms with Crippen LogP contribution in [0.15, 0.2) is 0 Å². The first-order chi connectivity index (χ1) is 2.77. The van der Waals surface area contributed by atoms with Crippen LogP contribution in [0.1, 0.15) is 6.92 Å². The first-order valence-electron chi connectivity index (χ1n) is 1.97. The molecule has 1 heterocycles. The fraction of sp³-hybridized carbons (Fsp3) is 1.00. The molecule has 0 radical (unpaired) electrons. The molecule has 0 aromatic carbocycles. The number of alkyl halides is 1. The van der Waals surface area contributed by atoms with Crippen LogP contribution < -0.4 is 0 Å². The van der Waals surface area contributed by atoms with Crippen molar-refractivity contribution in [3.8, 4) is 0 Å². The standard InChI is InChI=1S/C4H7BrO/c1-4(2-5)3-6-4/h2-3H2,1H3/t4-/m0/s1. The van der Waals surface area contributed by atoms with Gasteiger partial charge < -0.3 is 4.74 Å². The van der Waals surface area contributed by atoms with Gasteiger partial charge in [0.2, 0.25) is 0 Å². The van der Waals surface area contributed by atoms with Crippen molar-refractivity contribution in [1.82, 2.24) is 0 Å². The van der Waals surface area contributed by atoms with E-state index >= 15 is 0 Å². The molecule has 0 bridgehead atoms. The van der Waals surface area contributed by atoms with E-state index in [2.05, 4.69) is 22.9 Å². The van der Waals surface area contributed by atoms with E-state index in [4.69, 9.17) is 4.74 Å². The molecule has 0 saturated carbocycles. The van der Waals surface area contributed by atoms with Crippen LogP contribution in [-0.4, -0.2) is 17.5 Å². The first-order valence-corrected chi connectivity index (χ1v) is 3.09. The van der Waals surface area contributed by atoms with Crippen LogP contribution in [0.5, 0.6) is 0 Å². The molecule has 0 aliphatic carbocycles. The zero-order valence-electron chi connectivity index (χ0n) is 3.70. The minimum absolute atomic E-state index is 0.208. The molecule has 0 spiro atoms. The van der Waals surface area contributed by atoms with Gasteiger partial charge in [0.05, 0.1) is 12.2 Å². The lowest BCUT2D eigenvalue weighted by Gasteiger charge is -1.90. The Balaban J connectivity index is 2.28. The second kappa shape index (κ2) is 1.20. The van der Waals surface area contributed by atoms with E-state index in [1.807, 2.05) is 0 Å². The summed E-state index contributed by atoms with van der Waals surface area (Å²) < 4.78 is 5.00. The quantitative estimate of drug-likeness (QED) is 0.404. The second-order valence-corrected chi connectivity index (χ2v) is 2.43. The van der Waals surface area contributed by atoms with Crippen LogP contribution in [0, 0.1) is 0 Å². The summed E-state index contributed by atoms with van der Waals surface area (Å²) in [5.41, 5.74) is 0.208. The zero-order chi connectivity index (χ0) is 4.62. The predicted molar refractivity (Wildman–Crippen MR) is 28.2 cm³/mol. The summed E-state index contributed by atoms with van der Waals surface area (Å²) in [7, 11) is 0. The van der Waals surface area contributed by atoms with Gasteiger partial charge in [0.1, 0.15) is 0 Å². The van der Waals surface area contributed by atoms with Crippen molar-refractivity contribution < 1.29 is 4.74 Å². The van der Waals surface area contributed by atoms with Gasteiger partial charge in [-0.2, -0.15) is 0 Å². The monoisotopic (exact) mass is 150 g/mol. The van der Waals surface area contributed by atoms with E-state index < -0.39 is 0 Å². The highest BCUT2D eigenvalue weighted by Gasteiger charge is 2.37. The Bertz CT molecular complexity index is 58.6. The molecule has 1 rings (SSSR count). The maximum absolute atomic E-state index is 5.00. The van der Waals surface area contributed by atoms with Crippen molar-refractivity contribution in [1.29, 1.82) is 0 Å².